The van der Waals surface area contributed by atoms with E-state index in [1.807, 2.05) is 39.0 Å². The standard InChI is InChI=1S/C41H49FN2O7S/c1-25-22-26(2)24-29(23-25)44(52(48,49)30-12-10-9-11-13-30)34-32-18-20-41(8,40(32,6)7)35(34)50-37(46)33-31(27-14-16-28(42)17-15-27)19-21-43(36(33)45)38(47)51-39(3,4)5/h9-17,22-24,31-35H,18-21H2,1-8H3/t31-,32+,33-,34-,35-,41-/m1/s1. The monoisotopic (exact) mass is 732 g/mol. The summed E-state index contributed by atoms with van der Waals surface area (Å²) in [5.74, 6) is -4.48. The van der Waals surface area contributed by atoms with Gasteiger partial charge < -0.3 is 9.47 Å². The van der Waals surface area contributed by atoms with Crippen molar-refractivity contribution in [3.05, 3.63) is 95.3 Å². The van der Waals surface area contributed by atoms with Crippen LogP contribution in [0, 0.1) is 42.3 Å². The van der Waals surface area contributed by atoms with Crippen LogP contribution in [0.15, 0.2) is 77.7 Å². The molecule has 6 rings (SSSR count). The van der Waals surface area contributed by atoms with E-state index in [0.29, 0.717) is 24.1 Å². The molecule has 278 valence electrons. The third-order valence-corrected chi connectivity index (χ3v) is 13.6. The number of esters is 1. The molecule has 3 aromatic carbocycles. The molecule has 0 spiro atoms. The molecule has 0 unspecified atom stereocenters. The van der Waals surface area contributed by atoms with Crippen molar-refractivity contribution in [2.24, 2.45) is 22.7 Å². The molecule has 52 heavy (non-hydrogen) atoms. The molecule has 9 nitrogen and oxygen atoms in total. The van der Waals surface area contributed by atoms with E-state index < -0.39 is 74.2 Å². The van der Waals surface area contributed by atoms with Crippen molar-refractivity contribution < 1.29 is 36.7 Å². The number of piperidine rings is 1. The number of halogens is 1. The van der Waals surface area contributed by atoms with Gasteiger partial charge in [0.15, 0.2) is 0 Å². The van der Waals surface area contributed by atoms with Gasteiger partial charge in [0.1, 0.15) is 23.4 Å². The molecule has 11 heteroatoms. The second kappa shape index (κ2) is 13.3. The van der Waals surface area contributed by atoms with E-state index in [4.69, 9.17) is 9.47 Å². The van der Waals surface area contributed by atoms with Crippen molar-refractivity contribution in [1.29, 1.82) is 0 Å². The van der Waals surface area contributed by atoms with Gasteiger partial charge in [-0.3, -0.25) is 13.9 Å². The average molecular weight is 733 g/mol. The fraction of sp³-hybridized carbons (Fsp3) is 0.488. The Morgan fingerprint density at radius 3 is 2.13 bits per heavy atom. The Labute approximate surface area is 306 Å². The van der Waals surface area contributed by atoms with Gasteiger partial charge in [0.05, 0.1) is 16.6 Å². The normalized spacial score (nSPS) is 27.0. The second-order valence-corrected chi connectivity index (χ2v) is 18.3. The quantitative estimate of drug-likeness (QED) is 0.179. The minimum Gasteiger partial charge on any atom is -0.459 e. The number of carbonyl (C=O) groups excluding carboxylic acids is 3. The predicted molar refractivity (Wildman–Crippen MR) is 195 cm³/mol. The van der Waals surface area contributed by atoms with E-state index in [0.717, 1.165) is 16.0 Å². The summed E-state index contributed by atoms with van der Waals surface area (Å²) in [5, 5.41) is 0. The highest BCUT2D eigenvalue weighted by Gasteiger charge is 2.70. The first kappa shape index (κ1) is 37.5. The zero-order valence-electron chi connectivity index (χ0n) is 31.2. The van der Waals surface area contributed by atoms with E-state index in [1.165, 1.54) is 28.6 Å². The molecule has 0 aromatic heterocycles. The minimum atomic E-state index is -4.20. The number of hydrogen-bond acceptors (Lipinski definition) is 7. The van der Waals surface area contributed by atoms with Gasteiger partial charge in [0.2, 0.25) is 5.91 Å². The number of imide groups is 1. The first-order chi connectivity index (χ1) is 24.3. The predicted octanol–water partition coefficient (Wildman–Crippen LogP) is 7.94. The van der Waals surface area contributed by atoms with Gasteiger partial charge in [-0.05, 0) is 118 Å². The van der Waals surface area contributed by atoms with Gasteiger partial charge in [-0.2, -0.15) is 0 Å². The molecule has 3 aliphatic rings. The number of anilines is 1. The van der Waals surface area contributed by atoms with Gasteiger partial charge in [0, 0.05) is 17.9 Å². The Bertz CT molecular complexity index is 1960. The van der Waals surface area contributed by atoms with E-state index in [9.17, 15) is 27.2 Å². The van der Waals surface area contributed by atoms with Crippen LogP contribution >= 0.6 is 0 Å². The molecule has 0 N–H and O–H groups in total. The molecule has 3 fully saturated rings. The SMILES string of the molecule is Cc1cc(C)cc(N([C@H]2[C@@H](OC(=O)[C@H]3C(=O)N(C(=O)OC(C)(C)C)CC[C@@H]3c3ccc(F)cc3)[C@@]3(C)CC[C@@H]2C3(C)C)S(=O)(=O)c2ccccc2)c1. The summed E-state index contributed by atoms with van der Waals surface area (Å²) in [6.07, 6.45) is -0.219. The molecule has 2 saturated carbocycles. The summed E-state index contributed by atoms with van der Waals surface area (Å²) < 4.78 is 57.3. The fourth-order valence-electron chi connectivity index (χ4n) is 8.91. The Kier molecular flexibility index (Phi) is 9.60. The number of nitrogens with zero attached hydrogens (tertiary/aromatic N) is 2. The van der Waals surface area contributed by atoms with Crippen LogP contribution < -0.4 is 4.31 Å². The minimum absolute atomic E-state index is 0.00570. The van der Waals surface area contributed by atoms with Gasteiger partial charge in [-0.15, -0.1) is 0 Å². The van der Waals surface area contributed by atoms with Crippen LogP contribution in [0.5, 0.6) is 0 Å². The average Bonchev–Trinajstić information content (AvgIpc) is 3.37. The third-order valence-electron chi connectivity index (χ3n) is 11.8. The van der Waals surface area contributed by atoms with Crippen molar-refractivity contribution >= 4 is 33.7 Å². The van der Waals surface area contributed by atoms with Gasteiger partial charge in [-0.1, -0.05) is 57.2 Å². The second-order valence-electron chi connectivity index (χ2n) is 16.5. The molecule has 1 heterocycles. The van der Waals surface area contributed by atoms with Crippen molar-refractivity contribution in [2.75, 3.05) is 10.8 Å². The van der Waals surface area contributed by atoms with E-state index >= 15 is 0 Å². The van der Waals surface area contributed by atoms with Crippen molar-refractivity contribution in [3.8, 4) is 0 Å². The molecule has 2 bridgehead atoms. The highest BCUT2D eigenvalue weighted by atomic mass is 32.2. The Hall–Kier alpha value is -4.25. The third kappa shape index (κ3) is 6.50. The largest absolute Gasteiger partial charge is 0.459 e. The number of fused-ring (bicyclic) bond motifs is 2. The number of rotatable bonds is 7. The van der Waals surface area contributed by atoms with E-state index in [-0.39, 0.29) is 23.8 Å². The van der Waals surface area contributed by atoms with Crippen molar-refractivity contribution in [3.63, 3.8) is 0 Å². The van der Waals surface area contributed by atoms with E-state index in [1.54, 1.807) is 51.1 Å². The molecule has 6 atom stereocenters. The molecule has 2 amide bonds. The number of likely N-dealkylation sites (tertiary alicyclic amines) is 1. The Morgan fingerprint density at radius 1 is 0.923 bits per heavy atom. The van der Waals surface area contributed by atoms with Gasteiger partial charge in [-0.25, -0.2) is 22.5 Å². The smallest absolute Gasteiger partial charge is 0.417 e. The topological polar surface area (TPSA) is 110 Å². The zero-order chi connectivity index (χ0) is 38.0. The highest BCUT2D eigenvalue weighted by Crippen LogP contribution is 2.68. The number of benzene rings is 3. The molecule has 0 radical (unpaired) electrons. The molecular weight excluding hydrogens is 684 g/mol. The highest BCUT2D eigenvalue weighted by molar-refractivity contribution is 7.92. The number of aryl methyl sites for hydroxylation is 2. The van der Waals surface area contributed by atoms with E-state index in [2.05, 4.69) is 13.8 Å². The lowest BCUT2D eigenvalue weighted by Gasteiger charge is -2.44. The molecule has 1 aliphatic heterocycles. The summed E-state index contributed by atoms with van der Waals surface area (Å²) in [7, 11) is -4.20. The number of hydrogen-bond donors (Lipinski definition) is 0. The maximum atomic E-state index is 14.9. The lowest BCUT2D eigenvalue weighted by atomic mass is 9.70. The number of sulfonamides is 1. The molecule has 1 saturated heterocycles. The van der Waals surface area contributed by atoms with Crippen LogP contribution in [-0.4, -0.2) is 55.6 Å². The molecular formula is C41H49FN2O7S. The lowest BCUT2D eigenvalue weighted by molar-refractivity contribution is -0.169. The maximum absolute atomic E-state index is 14.9. The first-order valence-corrected chi connectivity index (χ1v) is 19.4. The number of ether oxygens (including phenoxy) is 2. The van der Waals surface area contributed by atoms with Crippen LogP contribution in [0.1, 0.15) is 83.4 Å². The van der Waals surface area contributed by atoms with Gasteiger partial charge >= 0.3 is 12.1 Å². The summed E-state index contributed by atoms with van der Waals surface area (Å²) in [4.78, 5) is 43.4. The Morgan fingerprint density at radius 2 is 1.54 bits per heavy atom. The lowest BCUT2D eigenvalue weighted by Crippen LogP contribution is -2.56. The Balaban J connectivity index is 1.46. The van der Waals surface area contributed by atoms with Crippen LogP contribution in [0.4, 0.5) is 14.9 Å². The number of amides is 2. The van der Waals surface area contributed by atoms with Gasteiger partial charge in [0.25, 0.3) is 10.0 Å². The van der Waals surface area contributed by atoms with Crippen molar-refractivity contribution in [2.45, 2.75) is 103 Å². The summed E-state index contributed by atoms with van der Waals surface area (Å²) in [6, 6.07) is 18.7. The molecule has 3 aromatic rings. The van der Waals surface area contributed by atoms with Crippen LogP contribution in [0.25, 0.3) is 0 Å². The van der Waals surface area contributed by atoms with Crippen LogP contribution in [-0.2, 0) is 29.1 Å². The van der Waals surface area contributed by atoms with Crippen LogP contribution in [0.2, 0.25) is 0 Å². The van der Waals surface area contributed by atoms with Crippen molar-refractivity contribution in [1.82, 2.24) is 4.90 Å². The summed E-state index contributed by atoms with van der Waals surface area (Å²) in [5.41, 5.74) is 0.745. The fourth-order valence-corrected chi connectivity index (χ4v) is 10.6. The summed E-state index contributed by atoms with van der Waals surface area (Å²) in [6.45, 7) is 15.1. The number of carbonyl (C=O) groups is 3. The first-order valence-electron chi connectivity index (χ1n) is 17.9. The summed E-state index contributed by atoms with van der Waals surface area (Å²) >= 11 is 0. The maximum Gasteiger partial charge on any atom is 0.417 e. The van der Waals surface area contributed by atoms with Crippen LogP contribution in [0.3, 0.4) is 0 Å². The zero-order valence-corrected chi connectivity index (χ0v) is 32.0. The molecule has 2 aliphatic carbocycles.